The number of amides is 1. The highest BCUT2D eigenvalue weighted by Crippen LogP contribution is 2.44. The molecule has 0 saturated carbocycles. The molecule has 2 aliphatic heterocycles. The normalized spacial score (nSPS) is 22.0. The Labute approximate surface area is 177 Å². The van der Waals surface area contributed by atoms with Gasteiger partial charge in [0.1, 0.15) is 5.82 Å². The predicted molar refractivity (Wildman–Crippen MR) is 112 cm³/mol. The molecule has 2 aromatic heterocycles. The molecule has 2 fully saturated rings. The second-order valence-corrected chi connectivity index (χ2v) is 8.26. The van der Waals surface area contributed by atoms with Gasteiger partial charge in [0.25, 0.3) is 0 Å². The van der Waals surface area contributed by atoms with Crippen molar-refractivity contribution in [2.75, 3.05) is 29.4 Å². The van der Waals surface area contributed by atoms with Crippen molar-refractivity contribution in [3.8, 4) is 0 Å². The van der Waals surface area contributed by atoms with Crippen LogP contribution in [0.1, 0.15) is 24.8 Å². The topological polar surface area (TPSA) is 49.3 Å². The summed E-state index contributed by atoms with van der Waals surface area (Å²) < 4.78 is 38.6. The van der Waals surface area contributed by atoms with E-state index in [-0.39, 0.29) is 5.91 Å². The minimum absolute atomic E-state index is 0.0699. The van der Waals surface area contributed by atoms with Gasteiger partial charge >= 0.3 is 6.18 Å². The number of carbonyl (C=O) groups excluding carboxylic acids is 1. The van der Waals surface area contributed by atoms with Gasteiger partial charge in [-0.3, -0.25) is 9.78 Å². The van der Waals surface area contributed by atoms with Gasteiger partial charge in [0.2, 0.25) is 5.91 Å². The molecular formula is C23H21F3N4O. The molecular weight excluding hydrogens is 405 g/mol. The molecule has 5 nitrogen and oxygen atoms in total. The first-order valence-electron chi connectivity index (χ1n) is 10.3. The first kappa shape index (κ1) is 19.8. The van der Waals surface area contributed by atoms with Crippen LogP contribution in [-0.2, 0) is 11.0 Å². The van der Waals surface area contributed by atoms with E-state index in [0.29, 0.717) is 31.9 Å². The summed E-state index contributed by atoms with van der Waals surface area (Å²) in [6.45, 7) is 1.75. The lowest BCUT2D eigenvalue weighted by molar-refractivity contribution is -0.137. The number of anilines is 2. The molecule has 5 rings (SSSR count). The molecule has 2 saturated heterocycles. The van der Waals surface area contributed by atoms with E-state index in [0.717, 1.165) is 41.7 Å². The molecule has 0 N–H and O–H groups in total. The maximum atomic E-state index is 13.6. The lowest BCUT2D eigenvalue weighted by Gasteiger charge is -2.39. The van der Waals surface area contributed by atoms with Crippen LogP contribution in [0.5, 0.6) is 0 Å². The Hall–Kier alpha value is -3.16. The van der Waals surface area contributed by atoms with Gasteiger partial charge in [0, 0.05) is 37.4 Å². The number of benzene rings is 1. The molecule has 0 aliphatic carbocycles. The van der Waals surface area contributed by atoms with Gasteiger partial charge in [-0.2, -0.15) is 13.2 Å². The van der Waals surface area contributed by atoms with Crippen molar-refractivity contribution in [1.29, 1.82) is 0 Å². The molecule has 0 bridgehead atoms. The second-order valence-electron chi connectivity index (χ2n) is 8.26. The molecule has 31 heavy (non-hydrogen) atoms. The number of hydrogen-bond donors (Lipinski definition) is 0. The van der Waals surface area contributed by atoms with Crippen LogP contribution in [0.15, 0.2) is 54.9 Å². The maximum absolute atomic E-state index is 13.6. The number of rotatable bonds is 2. The maximum Gasteiger partial charge on any atom is 0.417 e. The fraction of sp³-hybridized carbons (Fsp3) is 0.348. The minimum atomic E-state index is -4.41. The van der Waals surface area contributed by atoms with Gasteiger partial charge < -0.3 is 9.80 Å². The Bertz CT molecular complexity index is 1130. The van der Waals surface area contributed by atoms with Crippen molar-refractivity contribution in [3.63, 3.8) is 0 Å². The summed E-state index contributed by atoms with van der Waals surface area (Å²) >= 11 is 0. The zero-order valence-corrected chi connectivity index (χ0v) is 16.8. The van der Waals surface area contributed by atoms with Gasteiger partial charge in [-0.1, -0.05) is 6.07 Å². The van der Waals surface area contributed by atoms with Crippen molar-refractivity contribution in [1.82, 2.24) is 9.97 Å². The number of halogens is 3. The highest BCUT2D eigenvalue weighted by molar-refractivity contribution is 6.06. The first-order chi connectivity index (χ1) is 14.9. The van der Waals surface area contributed by atoms with E-state index >= 15 is 0 Å². The van der Waals surface area contributed by atoms with Crippen molar-refractivity contribution in [3.05, 3.63) is 60.4 Å². The zero-order chi connectivity index (χ0) is 21.6. The van der Waals surface area contributed by atoms with E-state index in [9.17, 15) is 18.0 Å². The molecule has 3 aromatic rings. The van der Waals surface area contributed by atoms with Crippen LogP contribution >= 0.6 is 0 Å². The fourth-order valence-corrected chi connectivity index (χ4v) is 4.82. The third kappa shape index (κ3) is 3.40. The standard InChI is InChI=1S/C23H21F3N4O/c24-23(25,26)16-7-8-20(28-14-16)29-12-3-9-22(15-29)10-13-30(21(22)31)19-6-1-5-18-17(19)4-2-11-27-18/h1-2,4-8,11,14H,3,9-10,12-13,15H2. The third-order valence-electron chi connectivity index (χ3n) is 6.40. The minimum Gasteiger partial charge on any atom is -0.356 e. The monoisotopic (exact) mass is 426 g/mol. The van der Waals surface area contributed by atoms with E-state index in [1.54, 1.807) is 6.20 Å². The van der Waals surface area contributed by atoms with Crippen molar-refractivity contribution in [2.24, 2.45) is 5.41 Å². The van der Waals surface area contributed by atoms with Crippen LogP contribution in [-0.4, -0.2) is 35.5 Å². The van der Waals surface area contributed by atoms with Crippen LogP contribution in [0.2, 0.25) is 0 Å². The average molecular weight is 426 g/mol. The average Bonchev–Trinajstić information content (AvgIpc) is 3.08. The summed E-state index contributed by atoms with van der Waals surface area (Å²) in [7, 11) is 0. The van der Waals surface area contributed by atoms with E-state index in [2.05, 4.69) is 9.97 Å². The number of hydrogen-bond acceptors (Lipinski definition) is 4. The number of carbonyl (C=O) groups is 1. The molecule has 1 spiro atoms. The molecule has 2 aliphatic rings. The van der Waals surface area contributed by atoms with Crippen LogP contribution in [0.3, 0.4) is 0 Å². The van der Waals surface area contributed by atoms with E-state index < -0.39 is 17.2 Å². The largest absolute Gasteiger partial charge is 0.417 e. The molecule has 160 valence electrons. The second kappa shape index (κ2) is 7.21. The van der Waals surface area contributed by atoms with Crippen LogP contribution < -0.4 is 9.80 Å². The van der Waals surface area contributed by atoms with E-state index in [1.165, 1.54) is 6.07 Å². The molecule has 4 heterocycles. The highest BCUT2D eigenvalue weighted by Gasteiger charge is 2.49. The fourth-order valence-electron chi connectivity index (χ4n) is 4.82. The van der Waals surface area contributed by atoms with Crippen LogP contribution in [0.25, 0.3) is 10.9 Å². The summed E-state index contributed by atoms with van der Waals surface area (Å²) in [6.07, 6.45) is 0.448. The first-order valence-corrected chi connectivity index (χ1v) is 10.3. The SMILES string of the molecule is O=C1N(c2cccc3ncccc23)CCC12CCCN(c1ccc(C(F)(F)F)cn1)C2. The molecule has 1 amide bonds. The molecule has 1 atom stereocenters. The van der Waals surface area contributed by atoms with Crippen molar-refractivity contribution < 1.29 is 18.0 Å². The molecule has 1 aromatic carbocycles. The van der Waals surface area contributed by atoms with Crippen LogP contribution in [0.4, 0.5) is 24.7 Å². The van der Waals surface area contributed by atoms with Gasteiger partial charge in [-0.15, -0.1) is 0 Å². The summed E-state index contributed by atoms with van der Waals surface area (Å²) in [5.74, 6) is 0.549. The van der Waals surface area contributed by atoms with Gasteiger partial charge in [0.05, 0.1) is 22.2 Å². The third-order valence-corrected chi connectivity index (χ3v) is 6.40. The molecule has 8 heteroatoms. The summed E-state index contributed by atoms with van der Waals surface area (Å²) in [5.41, 5.74) is 0.383. The van der Waals surface area contributed by atoms with Gasteiger partial charge in [0.15, 0.2) is 0 Å². The quantitative estimate of drug-likeness (QED) is 0.598. The molecule has 1 unspecified atom stereocenters. The Balaban J connectivity index is 1.41. The van der Waals surface area contributed by atoms with Crippen molar-refractivity contribution in [2.45, 2.75) is 25.4 Å². The summed E-state index contributed by atoms with van der Waals surface area (Å²) in [4.78, 5) is 25.8. The number of pyridine rings is 2. The number of aromatic nitrogens is 2. The Morgan fingerprint density at radius 2 is 1.84 bits per heavy atom. The smallest absolute Gasteiger partial charge is 0.356 e. The van der Waals surface area contributed by atoms with Gasteiger partial charge in [-0.25, -0.2) is 4.98 Å². The number of piperidine rings is 1. The highest BCUT2D eigenvalue weighted by atomic mass is 19.4. The van der Waals surface area contributed by atoms with E-state index in [4.69, 9.17) is 0 Å². The number of nitrogens with zero attached hydrogens (tertiary/aromatic N) is 4. The Morgan fingerprint density at radius 3 is 2.61 bits per heavy atom. The zero-order valence-electron chi connectivity index (χ0n) is 16.8. The summed E-state index contributed by atoms with van der Waals surface area (Å²) in [5, 5.41) is 0.937. The lowest BCUT2D eigenvalue weighted by Crippen LogP contribution is -2.48. The Morgan fingerprint density at radius 1 is 0.968 bits per heavy atom. The van der Waals surface area contributed by atoms with E-state index in [1.807, 2.05) is 40.1 Å². The van der Waals surface area contributed by atoms with Gasteiger partial charge in [-0.05, 0) is 55.7 Å². The predicted octanol–water partition coefficient (Wildman–Crippen LogP) is 4.67. The number of alkyl halides is 3. The summed E-state index contributed by atoms with van der Waals surface area (Å²) in [6, 6.07) is 12.1. The number of fused-ring (bicyclic) bond motifs is 1. The van der Waals surface area contributed by atoms with Crippen molar-refractivity contribution >= 4 is 28.3 Å². The Kier molecular flexibility index (Phi) is 4.60. The van der Waals surface area contributed by atoms with Crippen LogP contribution in [0, 0.1) is 5.41 Å². The lowest BCUT2D eigenvalue weighted by atomic mass is 9.78. The molecule has 0 radical (unpaired) electrons.